The van der Waals surface area contributed by atoms with Gasteiger partial charge in [-0.2, -0.15) is 9.97 Å². The smallest absolute Gasteiger partial charge is 0.317 e. The number of benzene rings is 2. The zero-order chi connectivity index (χ0) is 30.2. The summed E-state index contributed by atoms with van der Waals surface area (Å²) < 4.78 is 52.2. The molecule has 0 saturated carbocycles. The molecule has 7 nitrogen and oxygen atoms in total. The van der Waals surface area contributed by atoms with Crippen molar-refractivity contribution in [2.45, 2.75) is 62.3 Å². The van der Waals surface area contributed by atoms with Crippen molar-refractivity contribution in [2.75, 3.05) is 19.7 Å². The van der Waals surface area contributed by atoms with E-state index < -0.39 is 23.3 Å². The molecule has 4 atom stereocenters. The molecule has 2 unspecified atom stereocenters. The molecule has 2 aromatic carbocycles. The van der Waals surface area contributed by atoms with E-state index in [0.29, 0.717) is 41.9 Å². The molecule has 2 aromatic heterocycles. The SMILES string of the molecule is C#Cc1c(F)ccc2cc(O)cc(-c3ncc4c(C5=CC6CCC(C5)N6)nc(OC[C@@]56CCCN5C[C@H](F)C6)nc4c3F)c12. The third-order valence-corrected chi connectivity index (χ3v) is 9.79. The van der Waals surface area contributed by atoms with Crippen LogP contribution in [0.1, 0.15) is 49.8 Å². The van der Waals surface area contributed by atoms with E-state index in [1.165, 1.54) is 30.5 Å². The summed E-state index contributed by atoms with van der Waals surface area (Å²) in [4.78, 5) is 16.0. The van der Waals surface area contributed by atoms with Crippen LogP contribution in [0.3, 0.4) is 0 Å². The van der Waals surface area contributed by atoms with Gasteiger partial charge in [0.25, 0.3) is 0 Å². The molecule has 44 heavy (non-hydrogen) atoms. The van der Waals surface area contributed by atoms with Crippen molar-refractivity contribution in [1.82, 2.24) is 25.2 Å². The number of aromatic nitrogens is 3. The zero-order valence-electron chi connectivity index (χ0n) is 23.9. The van der Waals surface area contributed by atoms with E-state index in [4.69, 9.17) is 16.1 Å². The second-order valence-corrected chi connectivity index (χ2v) is 12.5. The Morgan fingerprint density at radius 2 is 2.07 bits per heavy atom. The number of rotatable bonds is 5. The van der Waals surface area contributed by atoms with Gasteiger partial charge in [-0.1, -0.05) is 18.1 Å². The topological polar surface area (TPSA) is 83.4 Å². The van der Waals surface area contributed by atoms with Crippen molar-refractivity contribution >= 4 is 27.2 Å². The molecule has 6 heterocycles. The molecule has 4 aromatic rings. The number of nitrogens with one attached hydrogen (secondary N) is 1. The third-order valence-electron chi connectivity index (χ3n) is 9.79. The van der Waals surface area contributed by atoms with Crippen LogP contribution in [-0.4, -0.2) is 68.4 Å². The van der Waals surface area contributed by atoms with Crippen molar-refractivity contribution in [3.8, 4) is 35.4 Å². The largest absolute Gasteiger partial charge is 0.508 e. The molecule has 8 rings (SSSR count). The Morgan fingerprint density at radius 1 is 1.18 bits per heavy atom. The highest BCUT2D eigenvalue weighted by Gasteiger charge is 2.49. The second-order valence-electron chi connectivity index (χ2n) is 12.5. The standard InChI is InChI=1S/C34H30F3N5O2/c1-2-24-27(36)7-4-18-12-23(43)13-25(28(18)24)31-29(37)32-26(15-38-31)30(19-10-21-5-6-22(11-19)39-21)40-33(41-32)44-17-34-8-3-9-42(34)16-20(35)14-34/h1,4,7,10,12-13,15,20-22,39,43H,3,5-6,8-9,11,14,16-17H2/t20-,21?,22?,34+/m1/s1. The normalized spacial score (nSPS) is 26.2. The van der Waals surface area contributed by atoms with E-state index in [2.05, 4.69) is 32.2 Å². The highest BCUT2D eigenvalue weighted by Crippen LogP contribution is 2.42. The van der Waals surface area contributed by atoms with Crippen LogP contribution in [0.4, 0.5) is 13.2 Å². The van der Waals surface area contributed by atoms with Crippen molar-refractivity contribution in [1.29, 1.82) is 0 Å². The van der Waals surface area contributed by atoms with E-state index in [1.54, 1.807) is 0 Å². The van der Waals surface area contributed by atoms with Crippen LogP contribution < -0.4 is 10.1 Å². The number of pyridine rings is 1. The van der Waals surface area contributed by atoms with Crippen molar-refractivity contribution in [2.24, 2.45) is 0 Å². The number of halogens is 3. The average Bonchev–Trinajstić information content (AvgIpc) is 3.66. The summed E-state index contributed by atoms with van der Waals surface area (Å²) in [5.41, 5.74) is 1.04. The Kier molecular flexibility index (Phi) is 6.33. The molecule has 224 valence electrons. The van der Waals surface area contributed by atoms with Gasteiger partial charge in [-0.05, 0) is 67.8 Å². The maximum Gasteiger partial charge on any atom is 0.317 e. The van der Waals surface area contributed by atoms with Gasteiger partial charge in [-0.15, -0.1) is 6.42 Å². The monoisotopic (exact) mass is 597 g/mol. The maximum absolute atomic E-state index is 16.7. The Bertz CT molecular complexity index is 1920. The first-order chi connectivity index (χ1) is 21.3. The van der Waals surface area contributed by atoms with Crippen LogP contribution in [0.5, 0.6) is 11.8 Å². The quantitative estimate of drug-likeness (QED) is 0.287. The Balaban J connectivity index is 1.29. The van der Waals surface area contributed by atoms with Crippen LogP contribution in [0.15, 0.2) is 36.5 Å². The molecule has 4 aliphatic rings. The van der Waals surface area contributed by atoms with Gasteiger partial charge in [0.15, 0.2) is 5.82 Å². The summed E-state index contributed by atoms with van der Waals surface area (Å²) in [6, 6.07) is 5.98. The lowest BCUT2D eigenvalue weighted by molar-refractivity contribution is 0.107. The lowest BCUT2D eigenvalue weighted by Crippen LogP contribution is -2.43. The van der Waals surface area contributed by atoms with Crippen molar-refractivity contribution < 1.29 is 23.0 Å². The van der Waals surface area contributed by atoms with E-state index in [1.807, 2.05) is 0 Å². The van der Waals surface area contributed by atoms with Gasteiger partial charge in [0.2, 0.25) is 0 Å². The Hall–Kier alpha value is -4.20. The molecular formula is C34H30F3N5O2. The average molecular weight is 598 g/mol. The predicted molar refractivity (Wildman–Crippen MR) is 161 cm³/mol. The van der Waals surface area contributed by atoms with Crippen LogP contribution in [0.25, 0.3) is 38.5 Å². The fraction of sp³-hybridized carbons (Fsp3) is 0.382. The fourth-order valence-corrected chi connectivity index (χ4v) is 7.83. The molecule has 0 spiro atoms. The minimum Gasteiger partial charge on any atom is -0.508 e. The molecule has 3 fully saturated rings. The zero-order valence-corrected chi connectivity index (χ0v) is 23.9. The number of hydrogen-bond acceptors (Lipinski definition) is 7. The van der Waals surface area contributed by atoms with Crippen LogP contribution in [0, 0.1) is 24.0 Å². The molecule has 3 saturated heterocycles. The fourth-order valence-electron chi connectivity index (χ4n) is 7.83. The minimum absolute atomic E-state index is 0.00694. The number of terminal acetylenes is 1. The number of alkyl halides is 1. The number of ether oxygens (including phenoxy) is 1. The maximum atomic E-state index is 16.7. The molecule has 2 bridgehead atoms. The molecular weight excluding hydrogens is 567 g/mol. The molecule has 10 heteroatoms. The van der Waals surface area contributed by atoms with Gasteiger partial charge in [0, 0.05) is 47.6 Å². The minimum atomic E-state index is -0.914. The van der Waals surface area contributed by atoms with Gasteiger partial charge in [-0.3, -0.25) is 9.88 Å². The number of hydrogen-bond donors (Lipinski definition) is 2. The van der Waals surface area contributed by atoms with E-state index in [-0.39, 0.29) is 52.1 Å². The van der Waals surface area contributed by atoms with Crippen LogP contribution >= 0.6 is 0 Å². The molecule has 2 N–H and O–H groups in total. The Labute approximate surface area is 252 Å². The Morgan fingerprint density at radius 3 is 2.91 bits per heavy atom. The number of nitrogens with zero attached hydrogens (tertiary/aromatic N) is 4. The first kappa shape index (κ1) is 27.4. The number of fused-ring (bicyclic) bond motifs is 5. The summed E-state index contributed by atoms with van der Waals surface area (Å²) in [5.74, 6) is 0.822. The van der Waals surface area contributed by atoms with Crippen molar-refractivity contribution in [3.05, 3.63) is 59.4 Å². The summed E-state index contributed by atoms with van der Waals surface area (Å²) in [5, 5.41) is 15.2. The van der Waals surface area contributed by atoms with Crippen LogP contribution in [0.2, 0.25) is 0 Å². The molecule has 0 radical (unpaired) electrons. The van der Waals surface area contributed by atoms with Gasteiger partial charge >= 0.3 is 6.01 Å². The van der Waals surface area contributed by atoms with Gasteiger partial charge in [0.1, 0.15) is 35.6 Å². The summed E-state index contributed by atoms with van der Waals surface area (Å²) >= 11 is 0. The first-order valence-electron chi connectivity index (χ1n) is 15.1. The number of aromatic hydroxyl groups is 1. The van der Waals surface area contributed by atoms with Gasteiger partial charge < -0.3 is 15.2 Å². The first-order valence-corrected chi connectivity index (χ1v) is 15.1. The molecule has 0 aliphatic carbocycles. The lowest BCUT2D eigenvalue weighted by Gasteiger charge is -2.31. The lowest BCUT2D eigenvalue weighted by atomic mass is 9.94. The van der Waals surface area contributed by atoms with Gasteiger partial charge in [0.05, 0.1) is 16.8 Å². The highest BCUT2D eigenvalue weighted by molar-refractivity contribution is 6.03. The number of phenols is 1. The van der Waals surface area contributed by atoms with E-state index >= 15 is 4.39 Å². The predicted octanol–water partition coefficient (Wildman–Crippen LogP) is 5.67. The molecule has 0 amide bonds. The summed E-state index contributed by atoms with van der Waals surface area (Å²) in [6.07, 6.45) is 13.3. The molecule has 4 aliphatic heterocycles. The van der Waals surface area contributed by atoms with Crippen LogP contribution in [-0.2, 0) is 0 Å². The number of phenolic OH excluding ortho intramolecular Hbond substituents is 1. The highest BCUT2D eigenvalue weighted by atomic mass is 19.1. The second kappa shape index (κ2) is 10.2. The van der Waals surface area contributed by atoms with E-state index in [9.17, 15) is 13.9 Å². The summed E-state index contributed by atoms with van der Waals surface area (Å²) in [7, 11) is 0. The third kappa shape index (κ3) is 4.32. The summed E-state index contributed by atoms with van der Waals surface area (Å²) in [6.45, 7) is 1.40. The van der Waals surface area contributed by atoms with E-state index in [0.717, 1.165) is 37.8 Å². The van der Waals surface area contributed by atoms with Gasteiger partial charge in [-0.25, -0.2) is 13.2 Å². The van der Waals surface area contributed by atoms with Crippen molar-refractivity contribution in [3.63, 3.8) is 0 Å².